The van der Waals surface area contributed by atoms with Gasteiger partial charge in [-0.25, -0.2) is 0 Å². The molecule has 4 heteroatoms. The summed E-state index contributed by atoms with van der Waals surface area (Å²) in [5.41, 5.74) is 0. The van der Waals surface area contributed by atoms with Gasteiger partial charge in [-0.05, 0) is 18.2 Å². The van der Waals surface area contributed by atoms with Gasteiger partial charge in [0.25, 0.3) is 0 Å². The van der Waals surface area contributed by atoms with E-state index in [1.165, 1.54) is 0 Å². The highest BCUT2D eigenvalue weighted by atomic mass is 32.1. The Hall–Kier alpha value is -0.480. The van der Waals surface area contributed by atoms with Crippen LogP contribution in [0.25, 0.3) is 0 Å². The van der Waals surface area contributed by atoms with Crippen LogP contribution in [0.3, 0.4) is 0 Å². The summed E-state index contributed by atoms with van der Waals surface area (Å²) in [7, 11) is 0. The van der Waals surface area contributed by atoms with E-state index in [9.17, 15) is 0 Å². The van der Waals surface area contributed by atoms with Gasteiger partial charge in [-0.1, -0.05) is 0 Å². The molecular weight excluding hydrogens is 168 g/mol. The fourth-order valence-corrected chi connectivity index (χ4v) is 0.737. The second-order valence-electron chi connectivity index (χ2n) is 1.57. The van der Waals surface area contributed by atoms with Crippen LogP contribution in [-0.4, -0.2) is 0 Å². The smallest absolute Gasteiger partial charge is 0.145 e. The lowest BCUT2D eigenvalue weighted by atomic mass is 10.3. The van der Waals surface area contributed by atoms with Crippen molar-refractivity contribution in [3.63, 3.8) is 0 Å². The van der Waals surface area contributed by atoms with Crippen molar-refractivity contribution in [2.45, 2.75) is 0 Å². The summed E-state index contributed by atoms with van der Waals surface area (Å²) >= 11 is 7.18. The highest BCUT2D eigenvalue weighted by Crippen LogP contribution is 2.17. The van der Waals surface area contributed by atoms with Crippen molar-refractivity contribution >= 4 is 25.8 Å². The maximum atomic E-state index is 4.60. The molecule has 10 heavy (non-hydrogen) atoms. The first-order valence-electron chi connectivity index (χ1n) is 2.51. The second kappa shape index (κ2) is 3.63. The normalized spacial score (nSPS) is 9.00. The largest absolute Gasteiger partial charge is 0.429 e. The number of benzene rings is 1. The van der Waals surface area contributed by atoms with Gasteiger partial charge in [0.05, 0.1) is 0 Å². The number of thiol groups is 2. The predicted octanol–water partition coefficient (Wildman–Crippen LogP) is 1.93. The summed E-state index contributed by atoms with van der Waals surface area (Å²) in [6.07, 6.45) is 0. The molecule has 0 aliphatic rings. The van der Waals surface area contributed by atoms with Crippen LogP contribution in [0, 0.1) is 6.07 Å². The lowest BCUT2D eigenvalue weighted by Gasteiger charge is -1.97. The molecule has 0 amide bonds. The van der Waals surface area contributed by atoms with Gasteiger partial charge in [-0.3, -0.25) is 0 Å². The quantitative estimate of drug-likeness (QED) is 0.526. The molecule has 1 aromatic carbocycles. The molecule has 0 atom stereocenters. The minimum Gasteiger partial charge on any atom is -0.429 e. The molecule has 0 aliphatic heterocycles. The molecule has 2 nitrogen and oxygen atoms in total. The highest BCUT2D eigenvalue weighted by molar-refractivity contribution is 7.75. The van der Waals surface area contributed by atoms with Crippen LogP contribution in [0.4, 0.5) is 0 Å². The molecule has 1 radical (unpaired) electrons. The Labute approximate surface area is 70.4 Å². The van der Waals surface area contributed by atoms with Crippen LogP contribution < -0.4 is 8.37 Å². The van der Waals surface area contributed by atoms with Gasteiger partial charge in [0.2, 0.25) is 0 Å². The lowest BCUT2D eigenvalue weighted by Crippen LogP contribution is -1.76. The van der Waals surface area contributed by atoms with Gasteiger partial charge in [0.1, 0.15) is 11.5 Å². The van der Waals surface area contributed by atoms with Crippen LogP contribution in [0.1, 0.15) is 0 Å². The first-order valence-corrected chi connectivity index (χ1v) is 3.24. The van der Waals surface area contributed by atoms with Gasteiger partial charge in [0, 0.05) is 31.9 Å². The van der Waals surface area contributed by atoms with Crippen molar-refractivity contribution < 1.29 is 8.37 Å². The molecule has 0 aromatic heterocycles. The maximum absolute atomic E-state index is 4.60. The van der Waals surface area contributed by atoms with E-state index < -0.39 is 0 Å². The zero-order valence-corrected chi connectivity index (χ0v) is 6.73. The molecule has 0 aliphatic carbocycles. The zero-order chi connectivity index (χ0) is 7.40. The minimum atomic E-state index is 0.553. The monoisotopic (exact) mass is 173 g/mol. The van der Waals surface area contributed by atoms with Crippen molar-refractivity contribution in [3.05, 3.63) is 24.3 Å². The van der Waals surface area contributed by atoms with E-state index in [0.29, 0.717) is 11.5 Å². The Morgan fingerprint density at radius 2 is 2.00 bits per heavy atom. The standard InChI is InChI=1S/C6H5O2S2/c9-7-5-1-2-6(8-10)4-3-5/h1-3,9-10H. The lowest BCUT2D eigenvalue weighted by molar-refractivity contribution is 0.638. The third kappa shape index (κ3) is 1.75. The van der Waals surface area contributed by atoms with Crippen molar-refractivity contribution in [2.24, 2.45) is 0 Å². The second-order valence-corrected chi connectivity index (χ2v) is 1.94. The maximum Gasteiger partial charge on any atom is 0.145 e. The molecule has 0 fully saturated rings. The minimum absolute atomic E-state index is 0.553. The summed E-state index contributed by atoms with van der Waals surface area (Å²) in [5.74, 6) is 1.18. The number of hydrogen-bond acceptors (Lipinski definition) is 4. The summed E-state index contributed by atoms with van der Waals surface area (Å²) < 4.78 is 9.17. The topological polar surface area (TPSA) is 18.5 Å². The van der Waals surface area contributed by atoms with E-state index >= 15 is 0 Å². The Kier molecular flexibility index (Phi) is 2.77. The van der Waals surface area contributed by atoms with Crippen molar-refractivity contribution in [1.29, 1.82) is 0 Å². The Balaban J connectivity index is 2.80. The van der Waals surface area contributed by atoms with E-state index in [1.807, 2.05) is 0 Å². The molecular formula is C6H5O2S2. The van der Waals surface area contributed by atoms with E-state index in [0.717, 1.165) is 0 Å². The molecule has 1 aromatic rings. The summed E-state index contributed by atoms with van der Waals surface area (Å²) in [4.78, 5) is 0. The summed E-state index contributed by atoms with van der Waals surface area (Å²) in [5, 5.41) is 0. The van der Waals surface area contributed by atoms with Crippen LogP contribution in [-0.2, 0) is 0 Å². The molecule has 53 valence electrons. The van der Waals surface area contributed by atoms with Crippen LogP contribution in [0.5, 0.6) is 11.5 Å². The number of hydrogen-bond donors (Lipinski definition) is 2. The van der Waals surface area contributed by atoms with Crippen molar-refractivity contribution in [1.82, 2.24) is 0 Å². The van der Waals surface area contributed by atoms with Crippen molar-refractivity contribution in [2.75, 3.05) is 0 Å². The van der Waals surface area contributed by atoms with Gasteiger partial charge in [0.15, 0.2) is 0 Å². The molecule has 1 rings (SSSR count). The molecule has 0 unspecified atom stereocenters. The molecule has 0 bridgehead atoms. The van der Waals surface area contributed by atoms with E-state index in [-0.39, 0.29) is 0 Å². The molecule has 0 spiro atoms. The first-order chi connectivity index (χ1) is 4.86. The fraction of sp³-hybridized carbons (Fsp3) is 0. The molecule has 0 saturated heterocycles. The Bertz CT molecular complexity index is 174. The zero-order valence-electron chi connectivity index (χ0n) is 4.94. The van der Waals surface area contributed by atoms with Crippen LogP contribution in [0.15, 0.2) is 18.2 Å². The third-order valence-electron chi connectivity index (χ3n) is 0.959. The predicted molar refractivity (Wildman–Crippen MR) is 44.5 cm³/mol. The highest BCUT2D eigenvalue weighted by Gasteiger charge is 1.92. The summed E-state index contributed by atoms with van der Waals surface area (Å²) in [6, 6.07) is 7.76. The van der Waals surface area contributed by atoms with Crippen LogP contribution >= 0.6 is 25.8 Å². The van der Waals surface area contributed by atoms with Gasteiger partial charge in [-0.2, -0.15) is 0 Å². The number of rotatable bonds is 2. The van der Waals surface area contributed by atoms with Crippen LogP contribution in [0.2, 0.25) is 0 Å². The Morgan fingerprint density at radius 3 is 2.40 bits per heavy atom. The fourth-order valence-electron chi connectivity index (χ4n) is 0.510. The van der Waals surface area contributed by atoms with Crippen molar-refractivity contribution in [3.8, 4) is 11.5 Å². The molecule has 0 saturated carbocycles. The Morgan fingerprint density at radius 1 is 1.20 bits per heavy atom. The SMILES string of the molecule is SOc1[c]cc(OS)cc1. The first kappa shape index (κ1) is 7.63. The van der Waals surface area contributed by atoms with E-state index in [2.05, 4.69) is 40.3 Å². The van der Waals surface area contributed by atoms with Gasteiger partial charge >= 0.3 is 0 Å². The van der Waals surface area contributed by atoms with Gasteiger partial charge in [-0.15, -0.1) is 0 Å². The van der Waals surface area contributed by atoms with Gasteiger partial charge < -0.3 is 8.37 Å². The summed E-state index contributed by atoms with van der Waals surface area (Å²) in [6.45, 7) is 0. The van der Waals surface area contributed by atoms with E-state index in [4.69, 9.17) is 0 Å². The third-order valence-corrected chi connectivity index (χ3v) is 1.37. The molecule has 0 N–H and O–H groups in total. The average molecular weight is 173 g/mol. The average Bonchev–Trinajstić information content (AvgIpc) is 2.05. The van der Waals surface area contributed by atoms with E-state index in [1.54, 1.807) is 18.2 Å². The molecule has 0 heterocycles.